The molecule has 6 nitrogen and oxygen atoms in total. The van der Waals surface area contributed by atoms with Crippen molar-refractivity contribution in [3.8, 4) is 0 Å². The first-order chi connectivity index (χ1) is 14.3. The molecule has 1 spiro atoms. The zero-order valence-electron chi connectivity index (χ0n) is 16.0. The summed E-state index contributed by atoms with van der Waals surface area (Å²) < 4.78 is 38.3. The third kappa shape index (κ3) is 3.76. The van der Waals surface area contributed by atoms with Crippen molar-refractivity contribution in [2.75, 3.05) is 23.3 Å². The second-order valence-electron chi connectivity index (χ2n) is 8.28. The number of alkyl halides is 3. The van der Waals surface area contributed by atoms with Crippen molar-refractivity contribution in [1.82, 2.24) is 15.0 Å². The molecule has 0 unspecified atom stereocenters. The van der Waals surface area contributed by atoms with Crippen LogP contribution in [-0.4, -0.2) is 40.3 Å². The molecule has 1 saturated heterocycles. The number of pyridine rings is 1. The number of nitrogens with one attached hydrogen (secondary N) is 2. The summed E-state index contributed by atoms with van der Waals surface area (Å²) in [6.07, 6.45) is 1.02. The van der Waals surface area contributed by atoms with E-state index in [1.54, 1.807) is 18.3 Å². The van der Waals surface area contributed by atoms with Gasteiger partial charge in [-0.2, -0.15) is 13.2 Å². The van der Waals surface area contributed by atoms with E-state index >= 15 is 0 Å². The van der Waals surface area contributed by atoms with Crippen LogP contribution in [0.2, 0.25) is 0 Å². The maximum Gasteiger partial charge on any atom is 0.393 e. The van der Waals surface area contributed by atoms with Gasteiger partial charge in [-0.25, -0.2) is 9.97 Å². The predicted molar refractivity (Wildman–Crippen MR) is 110 cm³/mol. The van der Waals surface area contributed by atoms with Crippen molar-refractivity contribution in [1.29, 1.82) is 0 Å². The number of hydrogen-bond acceptors (Lipinski definition) is 6. The summed E-state index contributed by atoms with van der Waals surface area (Å²) in [6.45, 7) is 1.68. The SMILES string of the molecule is O=c1ccc(NC2CC3(CCN(c4ncnc5sc(CC(F)(F)F)cc45)C3)C2)c[nH]1. The van der Waals surface area contributed by atoms with Crippen molar-refractivity contribution < 1.29 is 13.2 Å². The molecule has 1 aliphatic carbocycles. The molecule has 3 aromatic heterocycles. The van der Waals surface area contributed by atoms with Crippen molar-refractivity contribution in [2.45, 2.75) is 37.9 Å². The number of aromatic amines is 1. The number of aromatic nitrogens is 3. The summed E-state index contributed by atoms with van der Waals surface area (Å²) in [6, 6.07) is 5.22. The largest absolute Gasteiger partial charge is 0.393 e. The lowest BCUT2D eigenvalue weighted by Crippen LogP contribution is -2.46. The number of hydrogen-bond donors (Lipinski definition) is 2. The predicted octanol–water partition coefficient (Wildman–Crippen LogP) is 3.96. The fraction of sp³-hybridized carbons (Fsp3) is 0.450. The van der Waals surface area contributed by atoms with Gasteiger partial charge in [0.2, 0.25) is 5.56 Å². The molecule has 2 fully saturated rings. The molecule has 4 heterocycles. The van der Waals surface area contributed by atoms with Gasteiger partial charge in [0.15, 0.2) is 0 Å². The molecular formula is C20H20F3N5OS. The highest BCUT2D eigenvalue weighted by atomic mass is 32.1. The Labute approximate surface area is 174 Å². The van der Waals surface area contributed by atoms with E-state index in [-0.39, 0.29) is 15.9 Å². The van der Waals surface area contributed by atoms with Gasteiger partial charge < -0.3 is 15.2 Å². The van der Waals surface area contributed by atoms with Crippen LogP contribution in [0.1, 0.15) is 24.1 Å². The third-order valence-corrected chi connectivity index (χ3v) is 7.03. The molecule has 0 bridgehead atoms. The highest BCUT2D eigenvalue weighted by Gasteiger charge is 2.49. The number of H-pyrrole nitrogens is 1. The normalized spacial score (nSPS) is 23.8. The number of halogens is 3. The molecule has 1 aliphatic heterocycles. The molecule has 0 aromatic carbocycles. The van der Waals surface area contributed by atoms with Gasteiger partial charge in [-0.15, -0.1) is 11.3 Å². The van der Waals surface area contributed by atoms with E-state index in [0.717, 1.165) is 55.2 Å². The highest BCUT2D eigenvalue weighted by molar-refractivity contribution is 7.18. The summed E-state index contributed by atoms with van der Waals surface area (Å²) >= 11 is 1.09. The summed E-state index contributed by atoms with van der Waals surface area (Å²) in [5, 5.41) is 4.16. The first-order valence-electron chi connectivity index (χ1n) is 9.79. The molecule has 2 aliphatic rings. The lowest BCUT2D eigenvalue weighted by atomic mass is 9.65. The van der Waals surface area contributed by atoms with Crippen LogP contribution in [0.4, 0.5) is 24.7 Å². The first-order valence-corrected chi connectivity index (χ1v) is 10.6. The fourth-order valence-electron chi connectivity index (χ4n) is 4.70. The van der Waals surface area contributed by atoms with Crippen LogP contribution in [0.25, 0.3) is 10.2 Å². The first kappa shape index (κ1) is 19.3. The van der Waals surface area contributed by atoms with Gasteiger partial charge >= 0.3 is 6.18 Å². The van der Waals surface area contributed by atoms with Crippen LogP contribution < -0.4 is 15.8 Å². The van der Waals surface area contributed by atoms with E-state index in [9.17, 15) is 18.0 Å². The van der Waals surface area contributed by atoms with Crippen LogP contribution in [0.5, 0.6) is 0 Å². The molecule has 0 atom stereocenters. The topological polar surface area (TPSA) is 73.9 Å². The maximum absolute atomic E-state index is 12.8. The average molecular weight is 435 g/mol. The Bertz CT molecular complexity index is 1110. The second-order valence-corrected chi connectivity index (χ2v) is 9.40. The molecule has 0 amide bonds. The van der Waals surface area contributed by atoms with E-state index < -0.39 is 12.6 Å². The molecule has 30 heavy (non-hydrogen) atoms. The number of fused-ring (bicyclic) bond motifs is 1. The zero-order valence-corrected chi connectivity index (χ0v) is 16.8. The van der Waals surface area contributed by atoms with E-state index in [4.69, 9.17) is 0 Å². The van der Waals surface area contributed by atoms with Crippen molar-refractivity contribution >= 4 is 33.1 Å². The van der Waals surface area contributed by atoms with Gasteiger partial charge in [-0.1, -0.05) is 0 Å². The molecular weight excluding hydrogens is 415 g/mol. The second kappa shape index (κ2) is 6.97. The van der Waals surface area contributed by atoms with E-state index in [1.165, 1.54) is 12.4 Å². The van der Waals surface area contributed by atoms with Crippen LogP contribution in [-0.2, 0) is 6.42 Å². The minimum Gasteiger partial charge on any atom is -0.381 e. The maximum atomic E-state index is 12.8. The van der Waals surface area contributed by atoms with E-state index in [0.29, 0.717) is 16.3 Å². The van der Waals surface area contributed by atoms with Gasteiger partial charge in [0.25, 0.3) is 0 Å². The summed E-state index contributed by atoms with van der Waals surface area (Å²) in [7, 11) is 0. The molecule has 0 radical (unpaired) electrons. The smallest absolute Gasteiger partial charge is 0.381 e. The van der Waals surface area contributed by atoms with Crippen molar-refractivity contribution in [3.63, 3.8) is 0 Å². The lowest BCUT2D eigenvalue weighted by molar-refractivity contribution is -0.126. The summed E-state index contributed by atoms with van der Waals surface area (Å²) in [4.78, 5) is 25.5. The number of thiophene rings is 1. The standard InChI is InChI=1S/C20H20F3N5OS/c21-20(22,23)8-14-5-15-17(25-11-26-18(15)30-14)28-4-3-19(10-28)6-13(7-19)27-12-1-2-16(29)24-9-12/h1-2,5,9,11,13,27H,3-4,6-8,10H2,(H,24,29). The van der Waals surface area contributed by atoms with Gasteiger partial charge in [-0.05, 0) is 36.8 Å². The Morgan fingerprint density at radius 1 is 1.30 bits per heavy atom. The number of anilines is 2. The summed E-state index contributed by atoms with van der Waals surface area (Å²) in [5.74, 6) is 0.735. The van der Waals surface area contributed by atoms with Crippen LogP contribution in [0.15, 0.2) is 35.5 Å². The van der Waals surface area contributed by atoms with Gasteiger partial charge in [-0.3, -0.25) is 4.79 Å². The molecule has 5 rings (SSSR count). The van der Waals surface area contributed by atoms with Crippen molar-refractivity contribution in [3.05, 3.63) is 46.0 Å². The minimum atomic E-state index is -4.23. The number of nitrogens with zero attached hydrogens (tertiary/aromatic N) is 3. The van der Waals surface area contributed by atoms with Gasteiger partial charge in [0.05, 0.1) is 17.5 Å². The highest BCUT2D eigenvalue weighted by Crippen LogP contribution is 2.50. The molecule has 3 aromatic rings. The third-order valence-electron chi connectivity index (χ3n) is 5.99. The molecule has 158 valence electrons. The van der Waals surface area contributed by atoms with Crippen LogP contribution in [0, 0.1) is 5.41 Å². The van der Waals surface area contributed by atoms with E-state index in [1.807, 2.05) is 0 Å². The zero-order chi connectivity index (χ0) is 20.9. The van der Waals surface area contributed by atoms with Gasteiger partial charge in [0.1, 0.15) is 17.0 Å². The Kier molecular flexibility index (Phi) is 4.49. The lowest BCUT2D eigenvalue weighted by Gasteiger charge is -2.45. The van der Waals surface area contributed by atoms with Crippen LogP contribution in [0.3, 0.4) is 0 Å². The number of rotatable bonds is 4. The quantitative estimate of drug-likeness (QED) is 0.649. The molecule has 2 N–H and O–H groups in total. The monoisotopic (exact) mass is 435 g/mol. The Balaban J connectivity index is 1.28. The summed E-state index contributed by atoms with van der Waals surface area (Å²) in [5.41, 5.74) is 0.972. The average Bonchev–Trinajstić information content (AvgIpc) is 3.25. The van der Waals surface area contributed by atoms with Crippen molar-refractivity contribution in [2.24, 2.45) is 5.41 Å². The molecule has 10 heteroatoms. The minimum absolute atomic E-state index is 0.125. The van der Waals surface area contributed by atoms with E-state index in [2.05, 4.69) is 25.2 Å². The molecule has 1 saturated carbocycles. The Morgan fingerprint density at radius 3 is 2.87 bits per heavy atom. The fourth-order valence-corrected chi connectivity index (χ4v) is 5.72. The van der Waals surface area contributed by atoms with Crippen LogP contribution >= 0.6 is 11.3 Å². The Hall–Kier alpha value is -2.62. The van der Waals surface area contributed by atoms with Gasteiger partial charge in [0, 0.05) is 36.3 Å². The Morgan fingerprint density at radius 2 is 2.13 bits per heavy atom.